The number of hydrogen-bond acceptors (Lipinski definition) is 0. The third-order valence-electron chi connectivity index (χ3n) is 2.99. The van der Waals surface area contributed by atoms with Crippen LogP contribution in [0.5, 0.6) is 0 Å². The van der Waals surface area contributed by atoms with Gasteiger partial charge < -0.3 is 0 Å². The molecule has 3 heteroatoms. The van der Waals surface area contributed by atoms with Crippen LogP contribution in [0.25, 0.3) is 0 Å². The van der Waals surface area contributed by atoms with Crippen molar-refractivity contribution in [1.29, 1.82) is 0 Å². The Kier molecular flexibility index (Phi) is 5.49. The smallest absolute Gasteiger partial charge is 0.0645 e. The molecule has 1 atom stereocenters. The Bertz CT molecular complexity index is 529. The monoisotopic (exact) mass is 400 g/mol. The van der Waals surface area contributed by atoms with Gasteiger partial charge in [0, 0.05) is 9.50 Å². The van der Waals surface area contributed by atoms with Crippen molar-refractivity contribution in [2.24, 2.45) is 0 Å². The van der Waals surface area contributed by atoms with E-state index in [1.807, 2.05) is 12.1 Å². The van der Waals surface area contributed by atoms with Crippen molar-refractivity contribution in [3.05, 3.63) is 68.7 Å². The van der Waals surface area contributed by atoms with Gasteiger partial charge in [-0.2, -0.15) is 0 Å². The van der Waals surface area contributed by atoms with Gasteiger partial charge in [-0.25, -0.2) is 0 Å². The molecule has 0 saturated heterocycles. The second kappa shape index (κ2) is 6.92. The molecule has 0 aliphatic carbocycles. The lowest BCUT2D eigenvalue weighted by atomic mass is 10.0. The van der Waals surface area contributed by atoms with E-state index in [0.717, 1.165) is 21.5 Å². The van der Waals surface area contributed by atoms with Gasteiger partial charge in [0.1, 0.15) is 0 Å². The van der Waals surface area contributed by atoms with Crippen molar-refractivity contribution in [3.63, 3.8) is 0 Å². The Hall–Kier alpha value is -0.310. The minimum atomic E-state index is 0.165. The second-order valence-electron chi connectivity index (χ2n) is 4.56. The molecule has 0 saturated carbocycles. The third kappa shape index (κ3) is 4.08. The highest BCUT2D eigenvalue weighted by Gasteiger charge is 2.11. The predicted molar refractivity (Wildman–Crippen MR) is 90.4 cm³/mol. The molecule has 0 aliphatic rings. The average Bonchev–Trinajstić information content (AvgIpc) is 2.38. The van der Waals surface area contributed by atoms with Crippen molar-refractivity contribution in [3.8, 4) is 0 Å². The van der Waals surface area contributed by atoms with E-state index < -0.39 is 0 Å². The maximum absolute atomic E-state index is 6.10. The van der Waals surface area contributed by atoms with E-state index in [-0.39, 0.29) is 4.83 Å². The number of alkyl halides is 1. The van der Waals surface area contributed by atoms with Crippen LogP contribution in [0.1, 0.15) is 34.9 Å². The van der Waals surface area contributed by atoms with Gasteiger partial charge in [0.2, 0.25) is 0 Å². The van der Waals surface area contributed by atoms with E-state index in [4.69, 9.17) is 11.6 Å². The largest absolute Gasteiger partial charge is 0.0843 e. The molecule has 0 amide bonds. The molecule has 19 heavy (non-hydrogen) atoms. The van der Waals surface area contributed by atoms with Gasteiger partial charge in [0.05, 0.1) is 4.83 Å². The van der Waals surface area contributed by atoms with Crippen molar-refractivity contribution in [1.82, 2.24) is 0 Å². The fraction of sp³-hybridized carbons (Fsp3) is 0.250. The van der Waals surface area contributed by atoms with Crippen LogP contribution in [-0.4, -0.2) is 0 Å². The Labute approximate surface area is 136 Å². The maximum Gasteiger partial charge on any atom is 0.0645 e. The van der Waals surface area contributed by atoms with Gasteiger partial charge in [0.15, 0.2) is 0 Å². The molecule has 0 heterocycles. The van der Waals surface area contributed by atoms with Crippen LogP contribution in [0.15, 0.2) is 46.9 Å². The van der Waals surface area contributed by atoms with E-state index >= 15 is 0 Å². The van der Waals surface area contributed by atoms with Crippen LogP contribution in [-0.2, 0) is 6.42 Å². The summed E-state index contributed by atoms with van der Waals surface area (Å²) in [5, 5.41) is 0.747. The minimum Gasteiger partial charge on any atom is -0.0843 e. The Morgan fingerprint density at radius 3 is 2.32 bits per heavy atom. The highest BCUT2D eigenvalue weighted by Crippen LogP contribution is 2.34. The molecule has 0 aliphatic heterocycles. The van der Waals surface area contributed by atoms with Gasteiger partial charge in [-0.1, -0.05) is 81.1 Å². The quantitative estimate of drug-likeness (QED) is 0.509. The van der Waals surface area contributed by atoms with Crippen LogP contribution in [0.3, 0.4) is 0 Å². The summed E-state index contributed by atoms with van der Waals surface area (Å²) in [6.07, 6.45) is 2.31. The molecule has 0 N–H and O–H groups in total. The number of aryl methyl sites for hydroxylation is 1. The average molecular weight is 403 g/mol. The van der Waals surface area contributed by atoms with Gasteiger partial charge in [0.25, 0.3) is 0 Å². The molecule has 0 aromatic heterocycles. The van der Waals surface area contributed by atoms with E-state index in [1.54, 1.807) is 0 Å². The van der Waals surface area contributed by atoms with Crippen LogP contribution in [0.2, 0.25) is 5.02 Å². The zero-order valence-corrected chi connectivity index (χ0v) is 14.6. The van der Waals surface area contributed by atoms with E-state index in [0.29, 0.717) is 0 Å². The van der Waals surface area contributed by atoms with Gasteiger partial charge in [-0.15, -0.1) is 0 Å². The maximum atomic E-state index is 6.10. The highest BCUT2D eigenvalue weighted by molar-refractivity contribution is 9.10. The molecular weight excluding hydrogens is 387 g/mol. The number of benzene rings is 2. The topological polar surface area (TPSA) is 0 Å². The summed E-state index contributed by atoms with van der Waals surface area (Å²) in [6, 6.07) is 14.7. The van der Waals surface area contributed by atoms with E-state index in [1.165, 1.54) is 17.5 Å². The van der Waals surface area contributed by atoms with Crippen LogP contribution < -0.4 is 0 Å². The molecule has 2 aromatic rings. The predicted octanol–water partition coefficient (Wildman–Crippen LogP) is 6.54. The van der Waals surface area contributed by atoms with E-state index in [9.17, 15) is 0 Å². The first-order valence-electron chi connectivity index (χ1n) is 6.29. The Morgan fingerprint density at radius 2 is 1.74 bits per heavy atom. The summed E-state index contributed by atoms with van der Waals surface area (Å²) in [4.78, 5) is 0.165. The summed E-state index contributed by atoms with van der Waals surface area (Å²) in [6.45, 7) is 2.20. The lowest BCUT2D eigenvalue weighted by Crippen LogP contribution is -1.94. The standard InChI is InChI=1S/C16H15Br2Cl/c1-2-3-11-4-6-12(7-5-11)16(18)13-8-14(17)10-15(19)9-13/h4-10,16H,2-3H2,1H3. The molecule has 0 bridgehead atoms. The minimum absolute atomic E-state index is 0.165. The molecule has 2 rings (SSSR count). The van der Waals surface area contributed by atoms with Crippen molar-refractivity contribution >= 4 is 43.5 Å². The van der Waals surface area contributed by atoms with Gasteiger partial charge in [-0.05, 0) is 41.3 Å². The second-order valence-corrected chi connectivity index (χ2v) is 6.82. The fourth-order valence-corrected chi connectivity index (χ4v) is 3.51. The summed E-state index contributed by atoms with van der Waals surface area (Å²) in [5.41, 5.74) is 3.79. The molecule has 0 fully saturated rings. The molecular formula is C16H15Br2Cl. The van der Waals surface area contributed by atoms with Crippen molar-refractivity contribution in [2.75, 3.05) is 0 Å². The molecule has 0 spiro atoms. The lowest BCUT2D eigenvalue weighted by molar-refractivity contribution is 0.920. The number of hydrogen-bond donors (Lipinski definition) is 0. The lowest BCUT2D eigenvalue weighted by Gasteiger charge is -2.12. The fourth-order valence-electron chi connectivity index (χ4n) is 2.06. The molecule has 1 unspecified atom stereocenters. The van der Waals surface area contributed by atoms with Crippen molar-refractivity contribution < 1.29 is 0 Å². The summed E-state index contributed by atoms with van der Waals surface area (Å²) in [7, 11) is 0. The summed E-state index contributed by atoms with van der Waals surface area (Å²) < 4.78 is 1.00. The van der Waals surface area contributed by atoms with E-state index in [2.05, 4.69) is 69.1 Å². The SMILES string of the molecule is CCCc1ccc(C(Br)c2cc(Cl)cc(Br)c2)cc1. The molecule has 0 nitrogen and oxygen atoms in total. The van der Waals surface area contributed by atoms with Crippen LogP contribution >= 0.6 is 43.5 Å². The zero-order chi connectivity index (χ0) is 13.8. The van der Waals surface area contributed by atoms with Crippen LogP contribution in [0.4, 0.5) is 0 Å². The summed E-state index contributed by atoms with van der Waals surface area (Å²) >= 11 is 13.3. The van der Waals surface area contributed by atoms with Gasteiger partial charge in [-0.3, -0.25) is 0 Å². The highest BCUT2D eigenvalue weighted by atomic mass is 79.9. The Balaban J connectivity index is 2.25. The first kappa shape index (κ1) is 15.1. The zero-order valence-electron chi connectivity index (χ0n) is 10.7. The number of halogens is 3. The number of rotatable bonds is 4. The molecule has 100 valence electrons. The normalized spacial score (nSPS) is 12.4. The van der Waals surface area contributed by atoms with Gasteiger partial charge >= 0.3 is 0 Å². The first-order chi connectivity index (χ1) is 9.10. The summed E-state index contributed by atoms with van der Waals surface area (Å²) in [5.74, 6) is 0. The molecule has 2 aromatic carbocycles. The van der Waals surface area contributed by atoms with Crippen LogP contribution in [0, 0.1) is 0 Å². The van der Waals surface area contributed by atoms with Crippen molar-refractivity contribution in [2.45, 2.75) is 24.6 Å². The Morgan fingerprint density at radius 1 is 1.05 bits per heavy atom. The molecule has 0 radical (unpaired) electrons. The third-order valence-corrected chi connectivity index (χ3v) is 4.72. The first-order valence-corrected chi connectivity index (χ1v) is 8.37.